The third-order valence-electron chi connectivity index (χ3n) is 6.67. The van der Waals surface area contributed by atoms with Crippen molar-refractivity contribution in [3.63, 3.8) is 0 Å². The molecule has 0 bridgehead atoms. The van der Waals surface area contributed by atoms with Gasteiger partial charge in [-0.3, -0.25) is 4.68 Å². The Bertz CT molecular complexity index is 1350. The fourth-order valence-electron chi connectivity index (χ4n) is 4.71. The van der Waals surface area contributed by atoms with E-state index in [2.05, 4.69) is 16.3 Å². The molecule has 168 valence electrons. The molecule has 0 N–H and O–H groups in total. The lowest BCUT2D eigenvalue weighted by atomic mass is 9.88. The summed E-state index contributed by atoms with van der Waals surface area (Å²) in [5.41, 5.74) is 4.41. The van der Waals surface area contributed by atoms with Crippen LogP contribution in [0.15, 0.2) is 48.8 Å². The average molecular weight is 447 g/mol. The van der Waals surface area contributed by atoms with Crippen molar-refractivity contribution < 1.29 is 13.5 Å². The number of benzene rings is 1. The largest absolute Gasteiger partial charge is 0.373 e. The smallest absolute Gasteiger partial charge is 0.160 e. The van der Waals surface area contributed by atoms with Crippen LogP contribution in [0.3, 0.4) is 0 Å². The molecular formula is C26H24F2N4O. The van der Waals surface area contributed by atoms with Crippen LogP contribution in [-0.4, -0.2) is 26.4 Å². The average Bonchev–Trinajstić information content (AvgIpc) is 3.54. The first-order chi connectivity index (χ1) is 16.0. The third-order valence-corrected chi connectivity index (χ3v) is 6.67. The minimum absolute atomic E-state index is 0.0507. The minimum Gasteiger partial charge on any atom is -0.373 e. The summed E-state index contributed by atoms with van der Waals surface area (Å²) in [4.78, 5) is 9.50. The molecule has 4 heterocycles. The van der Waals surface area contributed by atoms with E-state index in [-0.39, 0.29) is 12.0 Å². The molecule has 1 aromatic carbocycles. The van der Waals surface area contributed by atoms with Crippen LogP contribution < -0.4 is 0 Å². The molecule has 1 aliphatic heterocycles. The van der Waals surface area contributed by atoms with Gasteiger partial charge < -0.3 is 4.74 Å². The van der Waals surface area contributed by atoms with Gasteiger partial charge in [-0.1, -0.05) is 0 Å². The van der Waals surface area contributed by atoms with Gasteiger partial charge >= 0.3 is 0 Å². The van der Waals surface area contributed by atoms with E-state index in [1.165, 1.54) is 25.0 Å². The van der Waals surface area contributed by atoms with Crippen LogP contribution in [0.5, 0.6) is 0 Å². The Balaban J connectivity index is 1.39. The van der Waals surface area contributed by atoms with E-state index in [1.807, 2.05) is 36.0 Å². The number of ether oxygens (including phenoxy) is 1. The second-order valence-electron chi connectivity index (χ2n) is 9.11. The van der Waals surface area contributed by atoms with Crippen LogP contribution >= 0.6 is 0 Å². The Hall–Kier alpha value is -3.19. The summed E-state index contributed by atoms with van der Waals surface area (Å²) in [5, 5.41) is 5.26. The molecule has 0 radical (unpaired) electrons. The molecule has 0 spiro atoms. The van der Waals surface area contributed by atoms with E-state index in [9.17, 15) is 8.78 Å². The Morgan fingerprint density at radius 1 is 1.00 bits per heavy atom. The molecule has 2 aliphatic rings. The van der Waals surface area contributed by atoms with Gasteiger partial charge in [0.25, 0.3) is 0 Å². The zero-order valence-electron chi connectivity index (χ0n) is 18.3. The molecule has 7 heteroatoms. The van der Waals surface area contributed by atoms with Gasteiger partial charge in [0.1, 0.15) is 11.6 Å². The van der Waals surface area contributed by atoms with Gasteiger partial charge in [-0.2, -0.15) is 5.10 Å². The zero-order valence-corrected chi connectivity index (χ0v) is 18.3. The first kappa shape index (κ1) is 20.4. The number of hydrogen-bond acceptors (Lipinski definition) is 4. The highest BCUT2D eigenvalue weighted by Crippen LogP contribution is 2.41. The second-order valence-corrected chi connectivity index (χ2v) is 9.11. The number of aryl methyl sites for hydroxylation is 1. The predicted molar refractivity (Wildman–Crippen MR) is 121 cm³/mol. The standard InChI is InChI=1S/C26H24F2N4O/c1-15-2-6-21-22(20-7-3-18(27)11-23(20)28)12-24(31-26(21)30-15)16-8-9-33-25(10-16)17-13-29-32(14-17)19-4-5-19/h2-3,6-7,11-14,16,19,25H,4-5,8-10H2,1H3. The van der Waals surface area contributed by atoms with Crippen LogP contribution in [0, 0.1) is 18.6 Å². The van der Waals surface area contributed by atoms with Gasteiger partial charge in [0, 0.05) is 52.7 Å². The van der Waals surface area contributed by atoms with E-state index in [4.69, 9.17) is 9.72 Å². The van der Waals surface area contributed by atoms with Crippen molar-refractivity contribution in [3.05, 3.63) is 77.4 Å². The van der Waals surface area contributed by atoms with Crippen LogP contribution in [-0.2, 0) is 4.74 Å². The van der Waals surface area contributed by atoms with E-state index < -0.39 is 11.6 Å². The number of hydrogen-bond donors (Lipinski definition) is 0. The Morgan fingerprint density at radius 2 is 1.88 bits per heavy atom. The summed E-state index contributed by atoms with van der Waals surface area (Å²) in [5.74, 6) is -1.05. The monoisotopic (exact) mass is 446 g/mol. The number of halogens is 2. The van der Waals surface area contributed by atoms with Crippen LogP contribution in [0.2, 0.25) is 0 Å². The van der Waals surface area contributed by atoms with Crippen molar-refractivity contribution in [1.82, 2.24) is 19.7 Å². The number of nitrogens with zero attached hydrogens (tertiary/aromatic N) is 4. The van der Waals surface area contributed by atoms with Gasteiger partial charge in [-0.05, 0) is 68.5 Å². The van der Waals surface area contributed by atoms with Crippen molar-refractivity contribution in [1.29, 1.82) is 0 Å². The Morgan fingerprint density at radius 3 is 2.70 bits per heavy atom. The maximum atomic E-state index is 14.8. The first-order valence-electron chi connectivity index (χ1n) is 11.4. The van der Waals surface area contributed by atoms with Gasteiger partial charge in [-0.15, -0.1) is 0 Å². The fourth-order valence-corrected chi connectivity index (χ4v) is 4.71. The van der Waals surface area contributed by atoms with Crippen molar-refractivity contribution in [2.75, 3.05) is 6.61 Å². The van der Waals surface area contributed by atoms with Gasteiger partial charge in [0.2, 0.25) is 0 Å². The SMILES string of the molecule is Cc1ccc2c(-c3ccc(F)cc3F)cc(C3CCOC(c4cnn(C5CC5)c4)C3)nc2n1. The quantitative estimate of drug-likeness (QED) is 0.383. The van der Waals surface area contributed by atoms with Crippen molar-refractivity contribution in [2.24, 2.45) is 0 Å². The second kappa shape index (κ2) is 7.99. The molecule has 5 nitrogen and oxygen atoms in total. The third kappa shape index (κ3) is 3.91. The van der Waals surface area contributed by atoms with E-state index >= 15 is 0 Å². The van der Waals surface area contributed by atoms with Gasteiger partial charge in [0.05, 0.1) is 18.3 Å². The molecule has 4 aromatic rings. The molecule has 3 aromatic heterocycles. The molecule has 33 heavy (non-hydrogen) atoms. The molecule has 2 unspecified atom stereocenters. The number of fused-ring (bicyclic) bond motifs is 1. The lowest BCUT2D eigenvalue weighted by Crippen LogP contribution is -2.19. The van der Waals surface area contributed by atoms with Gasteiger partial charge in [0.15, 0.2) is 5.65 Å². The number of pyridine rings is 2. The Kier molecular flexibility index (Phi) is 4.94. The summed E-state index contributed by atoms with van der Waals surface area (Å²) >= 11 is 0. The highest BCUT2D eigenvalue weighted by molar-refractivity contribution is 5.93. The molecule has 0 amide bonds. The molecule has 1 aliphatic carbocycles. The minimum atomic E-state index is -0.595. The zero-order chi connectivity index (χ0) is 22.5. The highest BCUT2D eigenvalue weighted by Gasteiger charge is 2.30. The first-order valence-corrected chi connectivity index (χ1v) is 11.4. The van der Waals surface area contributed by atoms with Crippen molar-refractivity contribution in [2.45, 2.75) is 50.7 Å². The van der Waals surface area contributed by atoms with E-state index in [1.54, 1.807) is 0 Å². The van der Waals surface area contributed by atoms with Crippen LogP contribution in [0.25, 0.3) is 22.2 Å². The predicted octanol–water partition coefficient (Wildman–Crippen LogP) is 6.05. The molecule has 2 atom stereocenters. The van der Waals surface area contributed by atoms with Crippen molar-refractivity contribution in [3.8, 4) is 11.1 Å². The highest BCUT2D eigenvalue weighted by atomic mass is 19.1. The molecular weight excluding hydrogens is 422 g/mol. The fraction of sp³-hybridized carbons (Fsp3) is 0.346. The summed E-state index contributed by atoms with van der Waals surface area (Å²) < 4.78 is 36.5. The van der Waals surface area contributed by atoms with Crippen molar-refractivity contribution >= 4 is 11.0 Å². The molecule has 1 saturated heterocycles. The summed E-state index contributed by atoms with van der Waals surface area (Å²) in [7, 11) is 0. The topological polar surface area (TPSA) is 52.8 Å². The number of aromatic nitrogens is 4. The Labute approximate surface area is 190 Å². The van der Waals surface area contributed by atoms with E-state index in [0.29, 0.717) is 29.4 Å². The van der Waals surface area contributed by atoms with Crippen LogP contribution in [0.1, 0.15) is 60.7 Å². The summed E-state index contributed by atoms with van der Waals surface area (Å²) in [6, 6.07) is 9.96. The normalized spacial score (nSPS) is 20.9. The van der Waals surface area contributed by atoms with Gasteiger partial charge in [-0.25, -0.2) is 18.7 Å². The lowest BCUT2D eigenvalue weighted by molar-refractivity contribution is 0.00464. The molecule has 2 fully saturated rings. The molecule has 1 saturated carbocycles. The molecule has 6 rings (SSSR count). The number of rotatable bonds is 4. The maximum absolute atomic E-state index is 14.8. The maximum Gasteiger partial charge on any atom is 0.160 e. The summed E-state index contributed by atoms with van der Waals surface area (Å²) in [6.07, 6.45) is 7.92. The lowest BCUT2D eigenvalue weighted by Gasteiger charge is -2.29. The summed E-state index contributed by atoms with van der Waals surface area (Å²) in [6.45, 7) is 2.53. The van der Waals surface area contributed by atoms with Crippen LogP contribution in [0.4, 0.5) is 8.78 Å². The van der Waals surface area contributed by atoms with E-state index in [0.717, 1.165) is 41.2 Å².